The van der Waals surface area contributed by atoms with Gasteiger partial charge in [-0.3, -0.25) is 4.55 Å². The maximum Gasteiger partial charge on any atom is 0.295 e. The van der Waals surface area contributed by atoms with Gasteiger partial charge in [0.1, 0.15) is 4.90 Å². The molecular weight excluding hydrogens is 320 g/mol. The molecular formula is C20H28O3S. The molecule has 0 amide bonds. The fourth-order valence-electron chi connectivity index (χ4n) is 3.18. The Morgan fingerprint density at radius 2 is 1.58 bits per heavy atom. The second kappa shape index (κ2) is 8.63. The van der Waals surface area contributed by atoms with Crippen molar-refractivity contribution in [1.29, 1.82) is 0 Å². The maximum atomic E-state index is 11.6. The molecule has 0 fully saturated rings. The fourth-order valence-corrected chi connectivity index (χ4v) is 3.98. The van der Waals surface area contributed by atoms with Crippen LogP contribution < -0.4 is 0 Å². The Morgan fingerprint density at radius 3 is 2.25 bits per heavy atom. The van der Waals surface area contributed by atoms with Crippen molar-refractivity contribution in [3.05, 3.63) is 41.5 Å². The van der Waals surface area contributed by atoms with E-state index in [0.717, 1.165) is 23.8 Å². The lowest BCUT2D eigenvalue weighted by Crippen LogP contribution is -2.00. The minimum absolute atomic E-state index is 0.0000239. The molecule has 0 spiro atoms. The van der Waals surface area contributed by atoms with Crippen molar-refractivity contribution in [2.24, 2.45) is 0 Å². The third-order valence-electron chi connectivity index (χ3n) is 4.47. The molecule has 0 aliphatic heterocycles. The third kappa shape index (κ3) is 5.32. The monoisotopic (exact) mass is 348 g/mol. The first kappa shape index (κ1) is 18.9. The number of unbranched alkanes of at least 4 members (excludes halogenated alkanes) is 6. The lowest BCUT2D eigenvalue weighted by molar-refractivity contribution is 0.484. The van der Waals surface area contributed by atoms with E-state index in [-0.39, 0.29) is 4.90 Å². The molecule has 2 rings (SSSR count). The van der Waals surface area contributed by atoms with Gasteiger partial charge >= 0.3 is 0 Å². The molecule has 0 radical (unpaired) electrons. The van der Waals surface area contributed by atoms with E-state index in [1.807, 2.05) is 31.2 Å². The van der Waals surface area contributed by atoms with Crippen LogP contribution in [0.5, 0.6) is 0 Å². The van der Waals surface area contributed by atoms with Gasteiger partial charge in [-0.2, -0.15) is 8.42 Å². The minimum atomic E-state index is -4.20. The van der Waals surface area contributed by atoms with Gasteiger partial charge in [0, 0.05) is 5.39 Å². The normalized spacial score (nSPS) is 12.0. The van der Waals surface area contributed by atoms with E-state index in [2.05, 4.69) is 6.92 Å². The summed E-state index contributed by atoms with van der Waals surface area (Å²) in [5.41, 5.74) is 2.06. The summed E-state index contributed by atoms with van der Waals surface area (Å²) in [6.45, 7) is 4.08. The Labute approximate surface area is 145 Å². The summed E-state index contributed by atoms with van der Waals surface area (Å²) in [6, 6.07) is 9.33. The molecule has 0 aliphatic rings. The largest absolute Gasteiger partial charge is 0.295 e. The zero-order valence-corrected chi connectivity index (χ0v) is 15.5. The van der Waals surface area contributed by atoms with Crippen molar-refractivity contribution < 1.29 is 13.0 Å². The van der Waals surface area contributed by atoms with E-state index >= 15 is 0 Å². The Bertz CT molecular complexity index is 779. The van der Waals surface area contributed by atoms with Gasteiger partial charge in [0.15, 0.2) is 0 Å². The number of rotatable bonds is 9. The number of benzene rings is 2. The Morgan fingerprint density at radius 1 is 0.917 bits per heavy atom. The molecule has 0 saturated carbocycles. The molecule has 24 heavy (non-hydrogen) atoms. The molecule has 0 heterocycles. The first-order valence-corrected chi connectivity index (χ1v) is 10.4. The molecule has 132 valence electrons. The summed E-state index contributed by atoms with van der Waals surface area (Å²) < 4.78 is 32.5. The van der Waals surface area contributed by atoms with E-state index in [1.54, 1.807) is 0 Å². The van der Waals surface area contributed by atoms with Crippen LogP contribution in [0.2, 0.25) is 0 Å². The van der Waals surface area contributed by atoms with E-state index in [0.29, 0.717) is 5.39 Å². The molecule has 0 unspecified atom stereocenters. The van der Waals surface area contributed by atoms with Gasteiger partial charge in [-0.25, -0.2) is 0 Å². The SMILES string of the molecule is CCCCCCCCCc1ccc2c(S(=O)(=O)O)cc(C)cc2c1. The van der Waals surface area contributed by atoms with Crippen LogP contribution in [0.25, 0.3) is 10.8 Å². The third-order valence-corrected chi connectivity index (χ3v) is 5.36. The van der Waals surface area contributed by atoms with Crippen LogP contribution in [0.1, 0.15) is 63.0 Å². The average molecular weight is 349 g/mol. The van der Waals surface area contributed by atoms with E-state index in [9.17, 15) is 13.0 Å². The van der Waals surface area contributed by atoms with Crippen LogP contribution in [0, 0.1) is 6.92 Å². The standard InChI is InChI=1S/C20H28O3S/c1-3-4-5-6-7-8-9-10-17-11-12-19-18(15-17)13-16(2)14-20(19)24(21,22)23/h11-15H,3-10H2,1-2H3,(H,21,22,23). The number of hydrogen-bond acceptors (Lipinski definition) is 2. The van der Waals surface area contributed by atoms with Gasteiger partial charge in [-0.15, -0.1) is 0 Å². The summed E-state index contributed by atoms with van der Waals surface area (Å²) in [7, 11) is -4.20. The van der Waals surface area contributed by atoms with Crippen LogP contribution in [0.3, 0.4) is 0 Å². The van der Waals surface area contributed by atoms with Crippen molar-refractivity contribution >= 4 is 20.9 Å². The van der Waals surface area contributed by atoms with Gasteiger partial charge in [0.05, 0.1) is 0 Å². The van der Waals surface area contributed by atoms with Crippen LogP contribution in [-0.2, 0) is 16.5 Å². The smallest absolute Gasteiger partial charge is 0.282 e. The molecule has 3 nitrogen and oxygen atoms in total. The summed E-state index contributed by atoms with van der Waals surface area (Å²) in [5.74, 6) is 0. The van der Waals surface area contributed by atoms with Crippen molar-refractivity contribution in [3.63, 3.8) is 0 Å². The van der Waals surface area contributed by atoms with Crippen LogP contribution in [0.15, 0.2) is 35.2 Å². The number of fused-ring (bicyclic) bond motifs is 1. The van der Waals surface area contributed by atoms with E-state index < -0.39 is 10.1 Å². The fraction of sp³-hybridized carbons (Fsp3) is 0.500. The van der Waals surface area contributed by atoms with Gasteiger partial charge in [0.2, 0.25) is 0 Å². The van der Waals surface area contributed by atoms with E-state index in [4.69, 9.17) is 0 Å². The van der Waals surface area contributed by atoms with Crippen LogP contribution in [-0.4, -0.2) is 13.0 Å². The van der Waals surface area contributed by atoms with E-state index in [1.165, 1.54) is 50.2 Å². The van der Waals surface area contributed by atoms with Crippen molar-refractivity contribution in [1.82, 2.24) is 0 Å². The first-order valence-electron chi connectivity index (χ1n) is 8.92. The highest BCUT2D eigenvalue weighted by Gasteiger charge is 2.14. The van der Waals surface area contributed by atoms with Crippen molar-refractivity contribution in [2.75, 3.05) is 0 Å². The number of aryl methyl sites for hydroxylation is 2. The predicted octanol–water partition coefficient (Wildman–Crippen LogP) is 5.69. The second-order valence-electron chi connectivity index (χ2n) is 6.66. The highest BCUT2D eigenvalue weighted by molar-refractivity contribution is 7.86. The summed E-state index contributed by atoms with van der Waals surface area (Å²) >= 11 is 0. The lowest BCUT2D eigenvalue weighted by Gasteiger charge is -2.08. The summed E-state index contributed by atoms with van der Waals surface area (Å²) in [4.78, 5) is -0.0000239. The van der Waals surface area contributed by atoms with Crippen LogP contribution >= 0.6 is 0 Å². The topological polar surface area (TPSA) is 54.4 Å². The molecule has 2 aromatic rings. The molecule has 4 heteroatoms. The lowest BCUT2D eigenvalue weighted by atomic mass is 10.0. The molecule has 0 atom stereocenters. The molecule has 0 aliphatic carbocycles. The summed E-state index contributed by atoms with van der Waals surface area (Å²) in [6.07, 6.45) is 9.98. The average Bonchev–Trinajstić information content (AvgIpc) is 2.52. The van der Waals surface area contributed by atoms with Gasteiger partial charge in [-0.05, 0) is 42.3 Å². The number of hydrogen-bond donors (Lipinski definition) is 1. The molecule has 0 saturated heterocycles. The zero-order chi connectivity index (χ0) is 17.6. The van der Waals surface area contributed by atoms with Crippen molar-refractivity contribution in [2.45, 2.75) is 70.1 Å². The predicted molar refractivity (Wildman–Crippen MR) is 100 cm³/mol. The molecule has 0 bridgehead atoms. The van der Waals surface area contributed by atoms with Crippen LogP contribution in [0.4, 0.5) is 0 Å². The van der Waals surface area contributed by atoms with Gasteiger partial charge < -0.3 is 0 Å². The quantitative estimate of drug-likeness (QED) is 0.468. The highest BCUT2D eigenvalue weighted by Crippen LogP contribution is 2.26. The molecule has 1 N–H and O–H groups in total. The maximum absolute atomic E-state index is 11.6. The Kier molecular flexibility index (Phi) is 6.81. The second-order valence-corrected chi connectivity index (χ2v) is 8.05. The first-order chi connectivity index (χ1) is 11.4. The molecule has 0 aromatic heterocycles. The minimum Gasteiger partial charge on any atom is -0.282 e. The Hall–Kier alpha value is -1.39. The molecule has 2 aromatic carbocycles. The van der Waals surface area contributed by atoms with Gasteiger partial charge in [-0.1, -0.05) is 69.7 Å². The Balaban J connectivity index is 2.04. The summed E-state index contributed by atoms with van der Waals surface area (Å²) in [5, 5.41) is 1.47. The highest BCUT2D eigenvalue weighted by atomic mass is 32.2. The van der Waals surface area contributed by atoms with Crippen molar-refractivity contribution in [3.8, 4) is 0 Å². The zero-order valence-electron chi connectivity index (χ0n) is 14.7. The van der Waals surface area contributed by atoms with Gasteiger partial charge in [0.25, 0.3) is 10.1 Å².